The molecular weight excluding hydrogens is 256 g/mol. The van der Waals surface area contributed by atoms with Crippen molar-refractivity contribution in [1.82, 2.24) is 10.6 Å². The Labute approximate surface area is 119 Å². The number of carboxylic acid groups (broad SMARTS) is 1. The van der Waals surface area contributed by atoms with Crippen molar-refractivity contribution in [3.63, 3.8) is 0 Å². The summed E-state index contributed by atoms with van der Waals surface area (Å²) in [4.78, 5) is 22.4. The topological polar surface area (TPSA) is 78.4 Å². The molecule has 0 aliphatic carbocycles. The number of hydrogen-bond acceptors (Lipinski definition) is 3. The van der Waals surface area contributed by atoms with Crippen LogP contribution in [0.15, 0.2) is 24.3 Å². The fourth-order valence-corrected chi connectivity index (χ4v) is 1.77. The average Bonchev–Trinajstić information content (AvgIpc) is 2.38. The number of hydrogen-bond donors (Lipinski definition) is 3. The summed E-state index contributed by atoms with van der Waals surface area (Å²) in [5.74, 6) is -0.928. The van der Waals surface area contributed by atoms with Crippen LogP contribution in [0.25, 0.3) is 0 Å². The molecule has 110 valence electrons. The quantitative estimate of drug-likeness (QED) is 0.672. The van der Waals surface area contributed by atoms with Crippen molar-refractivity contribution in [2.75, 3.05) is 13.1 Å². The van der Waals surface area contributed by atoms with E-state index in [1.165, 1.54) is 0 Å². The van der Waals surface area contributed by atoms with E-state index in [1.807, 2.05) is 19.9 Å². The van der Waals surface area contributed by atoms with Gasteiger partial charge < -0.3 is 15.7 Å². The maximum atomic E-state index is 11.5. The second-order valence-electron chi connectivity index (χ2n) is 4.96. The molecule has 0 spiro atoms. The summed E-state index contributed by atoms with van der Waals surface area (Å²) >= 11 is 0. The van der Waals surface area contributed by atoms with Gasteiger partial charge in [-0.15, -0.1) is 0 Å². The molecule has 0 aromatic heterocycles. The van der Waals surface area contributed by atoms with Gasteiger partial charge in [0.2, 0.25) is 5.91 Å². The first-order valence-corrected chi connectivity index (χ1v) is 6.81. The van der Waals surface area contributed by atoms with Gasteiger partial charge in [-0.2, -0.15) is 0 Å². The molecule has 3 N–H and O–H groups in total. The lowest BCUT2D eigenvalue weighted by Gasteiger charge is -2.08. The van der Waals surface area contributed by atoms with Gasteiger partial charge in [-0.05, 0) is 24.1 Å². The second kappa shape index (κ2) is 8.32. The summed E-state index contributed by atoms with van der Waals surface area (Å²) < 4.78 is 0. The van der Waals surface area contributed by atoms with E-state index < -0.39 is 5.97 Å². The first-order valence-electron chi connectivity index (χ1n) is 6.81. The number of benzene rings is 1. The highest BCUT2D eigenvalue weighted by Crippen LogP contribution is 2.05. The Morgan fingerprint density at radius 2 is 2.00 bits per heavy atom. The third-order valence-electron chi connectivity index (χ3n) is 2.81. The zero-order valence-corrected chi connectivity index (χ0v) is 12.0. The van der Waals surface area contributed by atoms with Gasteiger partial charge in [-0.3, -0.25) is 4.79 Å². The Hall–Kier alpha value is -1.88. The molecule has 0 bridgehead atoms. The summed E-state index contributed by atoms with van der Waals surface area (Å²) in [6, 6.07) is 7.14. The van der Waals surface area contributed by atoms with Gasteiger partial charge in [0.1, 0.15) is 0 Å². The molecule has 1 amide bonds. The van der Waals surface area contributed by atoms with Gasteiger partial charge in [0.25, 0.3) is 0 Å². The fourth-order valence-electron chi connectivity index (χ4n) is 1.77. The zero-order valence-electron chi connectivity index (χ0n) is 12.0. The minimum Gasteiger partial charge on any atom is -0.478 e. The van der Waals surface area contributed by atoms with Crippen molar-refractivity contribution >= 4 is 11.9 Å². The van der Waals surface area contributed by atoms with Crippen LogP contribution in [0, 0.1) is 0 Å². The van der Waals surface area contributed by atoms with Crippen molar-refractivity contribution < 1.29 is 14.7 Å². The van der Waals surface area contributed by atoms with E-state index >= 15 is 0 Å². The molecule has 0 saturated carbocycles. The molecule has 0 saturated heterocycles. The number of amides is 1. The Kier molecular flexibility index (Phi) is 6.73. The highest BCUT2D eigenvalue weighted by molar-refractivity contribution is 5.87. The molecule has 0 aliphatic heterocycles. The lowest BCUT2D eigenvalue weighted by Crippen LogP contribution is -2.31. The largest absolute Gasteiger partial charge is 0.478 e. The van der Waals surface area contributed by atoms with Gasteiger partial charge in [-0.25, -0.2) is 4.79 Å². The van der Waals surface area contributed by atoms with E-state index in [0.29, 0.717) is 32.0 Å². The van der Waals surface area contributed by atoms with E-state index in [4.69, 9.17) is 5.11 Å². The van der Waals surface area contributed by atoms with E-state index in [0.717, 1.165) is 5.56 Å². The molecule has 0 radical (unpaired) electrons. The Balaban J connectivity index is 2.28. The van der Waals surface area contributed by atoms with Gasteiger partial charge in [-0.1, -0.05) is 26.0 Å². The third-order valence-corrected chi connectivity index (χ3v) is 2.81. The Morgan fingerprint density at radius 1 is 1.25 bits per heavy atom. The van der Waals surface area contributed by atoms with Crippen LogP contribution in [0.3, 0.4) is 0 Å². The maximum Gasteiger partial charge on any atom is 0.335 e. The van der Waals surface area contributed by atoms with E-state index in [1.54, 1.807) is 18.2 Å². The highest BCUT2D eigenvalue weighted by Gasteiger charge is 2.04. The molecule has 0 atom stereocenters. The maximum absolute atomic E-state index is 11.5. The highest BCUT2D eigenvalue weighted by atomic mass is 16.4. The number of aromatic carboxylic acids is 1. The molecule has 5 nitrogen and oxygen atoms in total. The van der Waals surface area contributed by atoms with E-state index in [2.05, 4.69) is 10.6 Å². The van der Waals surface area contributed by atoms with Crippen LogP contribution < -0.4 is 10.6 Å². The molecular formula is C15H22N2O3. The standard InChI is InChI=1S/C15H22N2O3/c1-11(2)16-9-7-14(18)17-8-6-12-4-3-5-13(10-12)15(19)20/h3-5,10-11,16H,6-9H2,1-2H3,(H,17,18)(H,19,20). The van der Waals surface area contributed by atoms with Gasteiger partial charge in [0.15, 0.2) is 0 Å². The molecule has 0 unspecified atom stereocenters. The lowest BCUT2D eigenvalue weighted by molar-refractivity contribution is -0.120. The summed E-state index contributed by atoms with van der Waals surface area (Å²) in [7, 11) is 0. The van der Waals surface area contributed by atoms with Crippen LogP contribution >= 0.6 is 0 Å². The molecule has 5 heteroatoms. The number of rotatable bonds is 8. The Morgan fingerprint density at radius 3 is 2.65 bits per heavy atom. The Bertz CT molecular complexity index is 458. The monoisotopic (exact) mass is 278 g/mol. The van der Waals surface area contributed by atoms with Crippen molar-refractivity contribution in [2.24, 2.45) is 0 Å². The van der Waals surface area contributed by atoms with E-state index in [9.17, 15) is 9.59 Å². The number of carboxylic acids is 1. The number of nitrogens with one attached hydrogen (secondary N) is 2. The molecule has 1 aromatic rings. The van der Waals surface area contributed by atoms with Crippen LogP contribution in [0.4, 0.5) is 0 Å². The van der Waals surface area contributed by atoms with Crippen LogP contribution in [-0.4, -0.2) is 36.1 Å². The van der Waals surface area contributed by atoms with Crippen molar-refractivity contribution in [1.29, 1.82) is 0 Å². The first kappa shape index (κ1) is 16.2. The van der Waals surface area contributed by atoms with Crippen LogP contribution in [0.2, 0.25) is 0 Å². The normalized spacial score (nSPS) is 10.6. The minimum atomic E-state index is -0.935. The predicted molar refractivity (Wildman–Crippen MR) is 77.9 cm³/mol. The van der Waals surface area contributed by atoms with Crippen molar-refractivity contribution in [3.8, 4) is 0 Å². The SMILES string of the molecule is CC(C)NCCC(=O)NCCc1cccc(C(=O)O)c1. The van der Waals surface area contributed by atoms with Crippen molar-refractivity contribution in [2.45, 2.75) is 32.7 Å². The summed E-state index contributed by atoms with van der Waals surface area (Å²) in [5.41, 5.74) is 1.18. The van der Waals surface area contributed by atoms with E-state index in [-0.39, 0.29) is 11.5 Å². The molecule has 1 rings (SSSR count). The smallest absolute Gasteiger partial charge is 0.335 e. The zero-order chi connectivity index (χ0) is 15.0. The van der Waals surface area contributed by atoms with Crippen LogP contribution in [0.5, 0.6) is 0 Å². The lowest BCUT2D eigenvalue weighted by atomic mass is 10.1. The summed E-state index contributed by atoms with van der Waals surface area (Å²) in [5, 5.41) is 14.9. The molecule has 0 aliphatic rings. The predicted octanol–water partition coefficient (Wildman–Crippen LogP) is 1.43. The van der Waals surface area contributed by atoms with Gasteiger partial charge >= 0.3 is 5.97 Å². The number of carbonyl (C=O) groups is 2. The summed E-state index contributed by atoms with van der Waals surface area (Å²) in [6.45, 7) is 5.25. The molecule has 0 fully saturated rings. The van der Waals surface area contributed by atoms with Gasteiger partial charge in [0, 0.05) is 25.6 Å². The molecule has 1 aromatic carbocycles. The van der Waals surface area contributed by atoms with Crippen LogP contribution in [-0.2, 0) is 11.2 Å². The first-order chi connectivity index (χ1) is 9.49. The molecule has 20 heavy (non-hydrogen) atoms. The summed E-state index contributed by atoms with van der Waals surface area (Å²) in [6.07, 6.45) is 1.08. The third kappa shape index (κ3) is 6.33. The number of carbonyl (C=O) groups excluding carboxylic acids is 1. The van der Waals surface area contributed by atoms with Gasteiger partial charge in [0.05, 0.1) is 5.56 Å². The van der Waals surface area contributed by atoms with Crippen LogP contribution in [0.1, 0.15) is 36.2 Å². The minimum absolute atomic E-state index is 0.00698. The molecule has 0 heterocycles. The second-order valence-corrected chi connectivity index (χ2v) is 4.96. The van der Waals surface area contributed by atoms with Crippen molar-refractivity contribution in [3.05, 3.63) is 35.4 Å². The average molecular weight is 278 g/mol. The fraction of sp³-hybridized carbons (Fsp3) is 0.467.